The predicted octanol–water partition coefficient (Wildman–Crippen LogP) is 3.31. The monoisotopic (exact) mass is 232 g/mol. The second kappa shape index (κ2) is 3.37. The molecule has 1 nitrogen and oxygen atoms in total. The average molecular weight is 233 g/mol. The fraction of sp³-hybridized carbons (Fsp3) is 0.125. The number of Topliss-reactive ketones (excluding diaryl/α,β-unsaturated/α-hetero) is 1. The Kier molecular flexibility index (Phi) is 2.68. The average Bonchev–Trinajstić information content (AvgIpc) is 1.85. The van der Waals surface area contributed by atoms with Gasteiger partial charge in [0.2, 0.25) is 0 Å². The quantitative estimate of drug-likeness (QED) is 0.680. The fourth-order valence-electron chi connectivity index (χ4n) is 0.834. The number of ketones is 1. The lowest BCUT2D eigenvalue weighted by molar-refractivity contribution is 0.101. The molecule has 1 aromatic rings. The Bertz CT molecular complexity index is 276. The van der Waals surface area contributed by atoms with E-state index in [1.54, 1.807) is 18.2 Å². The van der Waals surface area contributed by atoms with Gasteiger partial charge in [-0.3, -0.25) is 4.79 Å². The molecule has 11 heavy (non-hydrogen) atoms. The minimum atomic E-state index is -0.0255. The van der Waals surface area contributed by atoms with E-state index < -0.39 is 0 Å². The van der Waals surface area contributed by atoms with Crippen molar-refractivity contribution in [3.63, 3.8) is 0 Å². The van der Waals surface area contributed by atoms with Gasteiger partial charge >= 0.3 is 0 Å². The van der Waals surface area contributed by atoms with Gasteiger partial charge in [0, 0.05) is 4.47 Å². The van der Waals surface area contributed by atoms with Crippen LogP contribution in [0, 0.1) is 0 Å². The van der Waals surface area contributed by atoms with Gasteiger partial charge in [0.15, 0.2) is 5.78 Å². The summed E-state index contributed by atoms with van der Waals surface area (Å²) < 4.78 is 0.748. The van der Waals surface area contributed by atoms with Crippen molar-refractivity contribution < 1.29 is 4.79 Å². The number of carbonyl (C=O) groups excluding carboxylic acids is 1. The first kappa shape index (κ1) is 8.75. The van der Waals surface area contributed by atoms with E-state index in [0.29, 0.717) is 10.6 Å². The number of benzene rings is 1. The van der Waals surface area contributed by atoms with E-state index in [2.05, 4.69) is 15.9 Å². The minimum Gasteiger partial charge on any atom is -0.294 e. The van der Waals surface area contributed by atoms with Crippen molar-refractivity contribution in [2.75, 3.05) is 0 Å². The predicted molar refractivity (Wildman–Crippen MR) is 49.2 cm³/mol. The Morgan fingerprint density at radius 1 is 1.55 bits per heavy atom. The highest BCUT2D eigenvalue weighted by atomic mass is 79.9. The number of hydrogen-bond donors (Lipinski definition) is 0. The molecule has 0 N–H and O–H groups in total. The van der Waals surface area contributed by atoms with Crippen LogP contribution in [0.4, 0.5) is 0 Å². The van der Waals surface area contributed by atoms with Gasteiger partial charge in [-0.05, 0) is 35.0 Å². The van der Waals surface area contributed by atoms with Gasteiger partial charge in [0.1, 0.15) is 0 Å². The zero-order valence-corrected chi connectivity index (χ0v) is 8.24. The summed E-state index contributed by atoms with van der Waals surface area (Å²) in [7, 11) is 0. The molecule has 0 amide bonds. The zero-order valence-electron chi connectivity index (χ0n) is 5.90. The van der Waals surface area contributed by atoms with Crippen LogP contribution in [-0.4, -0.2) is 5.78 Å². The van der Waals surface area contributed by atoms with Gasteiger partial charge in [-0.1, -0.05) is 17.7 Å². The summed E-state index contributed by atoms with van der Waals surface area (Å²) in [5.74, 6) is -0.0255. The third-order valence-electron chi connectivity index (χ3n) is 1.31. The molecule has 0 aliphatic heterocycles. The van der Waals surface area contributed by atoms with Gasteiger partial charge in [-0.25, -0.2) is 0 Å². The van der Waals surface area contributed by atoms with Crippen molar-refractivity contribution in [3.8, 4) is 0 Å². The lowest BCUT2D eigenvalue weighted by atomic mass is 10.1. The van der Waals surface area contributed by atoms with Crippen molar-refractivity contribution in [2.24, 2.45) is 0 Å². The van der Waals surface area contributed by atoms with E-state index in [9.17, 15) is 4.79 Å². The van der Waals surface area contributed by atoms with Gasteiger partial charge in [-0.15, -0.1) is 0 Å². The molecule has 0 saturated heterocycles. The largest absolute Gasteiger partial charge is 0.294 e. The first-order chi connectivity index (χ1) is 5.13. The molecule has 0 aromatic heterocycles. The molecule has 0 aliphatic rings. The lowest BCUT2D eigenvalue weighted by Gasteiger charge is -2.00. The van der Waals surface area contributed by atoms with Crippen LogP contribution in [0.25, 0.3) is 0 Å². The Hall–Kier alpha value is -0.340. The summed E-state index contributed by atoms with van der Waals surface area (Å²) in [6, 6.07) is 5.28. The maximum absolute atomic E-state index is 11.0. The Balaban J connectivity index is 3.32. The van der Waals surface area contributed by atoms with Crippen LogP contribution in [0.1, 0.15) is 17.3 Å². The number of rotatable bonds is 1. The molecule has 0 fully saturated rings. The first-order valence-electron chi connectivity index (χ1n) is 3.08. The van der Waals surface area contributed by atoms with Gasteiger partial charge < -0.3 is 0 Å². The fourth-order valence-corrected chi connectivity index (χ4v) is 1.90. The molecule has 0 saturated carbocycles. The molecule has 0 atom stereocenters. The molecule has 0 heterocycles. The van der Waals surface area contributed by atoms with Gasteiger partial charge in [0.05, 0.1) is 10.6 Å². The highest BCUT2D eigenvalue weighted by molar-refractivity contribution is 9.10. The van der Waals surface area contributed by atoms with Gasteiger partial charge in [-0.2, -0.15) is 0 Å². The molecule has 58 valence electrons. The molecule has 3 heteroatoms. The summed E-state index contributed by atoms with van der Waals surface area (Å²) in [6.45, 7) is 1.49. The molecular formula is C8H6BrClO. The second-order valence-electron chi connectivity index (χ2n) is 2.15. The van der Waals surface area contributed by atoms with Crippen molar-refractivity contribution in [3.05, 3.63) is 33.3 Å². The molecular weight excluding hydrogens is 227 g/mol. The van der Waals surface area contributed by atoms with Crippen LogP contribution in [0.2, 0.25) is 5.02 Å². The summed E-state index contributed by atoms with van der Waals surface area (Å²) in [5.41, 5.74) is 0.550. The molecule has 1 rings (SSSR count). The Labute approximate surface area is 78.5 Å². The molecule has 0 spiro atoms. The van der Waals surface area contributed by atoms with Crippen molar-refractivity contribution in [2.45, 2.75) is 6.92 Å². The summed E-state index contributed by atoms with van der Waals surface area (Å²) in [6.07, 6.45) is 0. The Morgan fingerprint density at radius 3 is 2.55 bits per heavy atom. The standard InChI is InChI=1S/C8H6BrClO/c1-5(11)8-6(9)3-2-4-7(8)10/h2-4H,1H3. The maximum atomic E-state index is 11.0. The van der Waals surface area contributed by atoms with E-state index in [0.717, 1.165) is 4.47 Å². The number of hydrogen-bond acceptors (Lipinski definition) is 1. The SMILES string of the molecule is CC(=O)c1c(Cl)cccc1Br. The minimum absolute atomic E-state index is 0.0255. The topological polar surface area (TPSA) is 17.1 Å². The normalized spacial score (nSPS) is 9.73. The van der Waals surface area contributed by atoms with E-state index in [1.165, 1.54) is 6.92 Å². The van der Waals surface area contributed by atoms with Crippen LogP contribution < -0.4 is 0 Å². The summed E-state index contributed by atoms with van der Waals surface area (Å²) >= 11 is 9.02. The molecule has 0 bridgehead atoms. The van der Waals surface area contributed by atoms with Crippen LogP contribution >= 0.6 is 27.5 Å². The van der Waals surface area contributed by atoms with Crippen LogP contribution in [0.5, 0.6) is 0 Å². The lowest BCUT2D eigenvalue weighted by Crippen LogP contribution is -1.94. The number of halogens is 2. The third-order valence-corrected chi connectivity index (χ3v) is 2.29. The molecule has 0 radical (unpaired) electrons. The maximum Gasteiger partial charge on any atom is 0.162 e. The Morgan fingerprint density at radius 2 is 2.18 bits per heavy atom. The van der Waals surface area contributed by atoms with E-state index in [1.807, 2.05) is 0 Å². The first-order valence-corrected chi connectivity index (χ1v) is 4.25. The highest BCUT2D eigenvalue weighted by Gasteiger charge is 2.08. The van der Waals surface area contributed by atoms with E-state index in [-0.39, 0.29) is 5.78 Å². The zero-order chi connectivity index (χ0) is 8.43. The number of carbonyl (C=O) groups is 1. The van der Waals surface area contributed by atoms with Crippen LogP contribution in [0.15, 0.2) is 22.7 Å². The highest BCUT2D eigenvalue weighted by Crippen LogP contribution is 2.24. The molecule has 0 unspecified atom stereocenters. The second-order valence-corrected chi connectivity index (χ2v) is 3.41. The van der Waals surface area contributed by atoms with E-state index >= 15 is 0 Å². The molecule has 0 aliphatic carbocycles. The van der Waals surface area contributed by atoms with Crippen molar-refractivity contribution >= 4 is 33.3 Å². The molecule has 1 aromatic carbocycles. The van der Waals surface area contributed by atoms with Crippen molar-refractivity contribution in [1.29, 1.82) is 0 Å². The van der Waals surface area contributed by atoms with E-state index in [4.69, 9.17) is 11.6 Å². The van der Waals surface area contributed by atoms with Crippen molar-refractivity contribution in [1.82, 2.24) is 0 Å². The van der Waals surface area contributed by atoms with Crippen LogP contribution in [0.3, 0.4) is 0 Å². The summed E-state index contributed by atoms with van der Waals surface area (Å²) in [5, 5.41) is 0.492. The summed E-state index contributed by atoms with van der Waals surface area (Å²) in [4.78, 5) is 11.0. The smallest absolute Gasteiger partial charge is 0.162 e. The van der Waals surface area contributed by atoms with Gasteiger partial charge in [0.25, 0.3) is 0 Å². The third kappa shape index (κ3) is 1.82. The van der Waals surface area contributed by atoms with Crippen LogP contribution in [-0.2, 0) is 0 Å².